The quantitative estimate of drug-likeness (QED) is 0.680. The lowest BCUT2D eigenvalue weighted by molar-refractivity contribution is 0.0769. The van der Waals surface area contributed by atoms with Crippen molar-refractivity contribution in [2.75, 3.05) is 39.5 Å². The zero-order chi connectivity index (χ0) is 13.1. The Labute approximate surface area is 110 Å². The van der Waals surface area contributed by atoms with Gasteiger partial charge in [0.1, 0.15) is 0 Å². The highest BCUT2D eigenvalue weighted by Crippen LogP contribution is 2.01. The van der Waals surface area contributed by atoms with E-state index >= 15 is 0 Å². The molecule has 100 valence electrons. The van der Waals surface area contributed by atoms with Gasteiger partial charge in [0.05, 0.1) is 19.8 Å². The molecule has 1 aromatic rings. The number of nitrogens with zero attached hydrogens (tertiary/aromatic N) is 1. The molecule has 3 nitrogen and oxygen atoms in total. The molecule has 0 unspecified atom stereocenters. The van der Waals surface area contributed by atoms with Gasteiger partial charge < -0.3 is 9.84 Å². The smallest absolute Gasteiger partial charge is 0.0698 e. The Balaban J connectivity index is 2.24. The van der Waals surface area contributed by atoms with Crippen molar-refractivity contribution in [2.45, 2.75) is 6.92 Å². The zero-order valence-corrected chi connectivity index (χ0v) is 11.1. The van der Waals surface area contributed by atoms with Crippen LogP contribution in [0.1, 0.15) is 12.5 Å². The first-order valence-corrected chi connectivity index (χ1v) is 6.49. The lowest BCUT2D eigenvalue weighted by Gasteiger charge is -2.18. The average molecular weight is 249 g/mol. The Morgan fingerprint density at radius 2 is 2.00 bits per heavy atom. The Bertz CT molecular complexity index is 325. The minimum absolute atomic E-state index is 0.0973. The number of hydrogen-bond acceptors (Lipinski definition) is 3. The fraction of sp³-hybridized carbons (Fsp3) is 0.467. The van der Waals surface area contributed by atoms with E-state index in [9.17, 15) is 0 Å². The lowest BCUT2D eigenvalue weighted by atomic mass is 10.2. The Hall–Kier alpha value is -1.16. The van der Waals surface area contributed by atoms with Crippen LogP contribution in [-0.4, -0.2) is 49.5 Å². The van der Waals surface area contributed by atoms with Gasteiger partial charge in [-0.15, -0.1) is 0 Å². The fourth-order valence-electron chi connectivity index (χ4n) is 1.64. The molecule has 0 saturated carbocycles. The van der Waals surface area contributed by atoms with Crippen molar-refractivity contribution in [3.8, 4) is 0 Å². The summed E-state index contributed by atoms with van der Waals surface area (Å²) in [6.07, 6.45) is 4.31. The molecule has 0 aromatic heterocycles. The van der Waals surface area contributed by atoms with Gasteiger partial charge in [0.25, 0.3) is 0 Å². The molecule has 0 fully saturated rings. The summed E-state index contributed by atoms with van der Waals surface area (Å²) in [6, 6.07) is 10.3. The van der Waals surface area contributed by atoms with Gasteiger partial charge in [0.15, 0.2) is 0 Å². The van der Waals surface area contributed by atoms with Crippen LogP contribution in [0.4, 0.5) is 0 Å². The monoisotopic (exact) mass is 249 g/mol. The van der Waals surface area contributed by atoms with Crippen LogP contribution >= 0.6 is 0 Å². The summed E-state index contributed by atoms with van der Waals surface area (Å²) in [4.78, 5) is 2.30. The van der Waals surface area contributed by atoms with Crippen LogP contribution in [0.25, 0.3) is 6.08 Å². The molecule has 0 atom stereocenters. The molecule has 1 N–H and O–H groups in total. The van der Waals surface area contributed by atoms with E-state index in [2.05, 4.69) is 36.1 Å². The number of likely N-dealkylation sites (N-methyl/N-ethyl adjacent to an activating group) is 1. The highest BCUT2D eigenvalue weighted by atomic mass is 16.5. The summed E-state index contributed by atoms with van der Waals surface area (Å²) in [6.45, 7) is 6.17. The van der Waals surface area contributed by atoms with E-state index in [-0.39, 0.29) is 6.61 Å². The zero-order valence-electron chi connectivity index (χ0n) is 11.1. The molecule has 0 bridgehead atoms. The van der Waals surface area contributed by atoms with Gasteiger partial charge in [-0.2, -0.15) is 0 Å². The van der Waals surface area contributed by atoms with E-state index in [0.717, 1.165) is 19.6 Å². The minimum Gasteiger partial charge on any atom is -0.394 e. The van der Waals surface area contributed by atoms with Crippen molar-refractivity contribution in [1.29, 1.82) is 0 Å². The molecule has 18 heavy (non-hydrogen) atoms. The molecule has 0 amide bonds. The summed E-state index contributed by atoms with van der Waals surface area (Å²) in [5, 5.41) is 8.61. The number of hydrogen-bond donors (Lipinski definition) is 1. The number of rotatable bonds is 9. The van der Waals surface area contributed by atoms with E-state index < -0.39 is 0 Å². The van der Waals surface area contributed by atoms with Crippen LogP contribution in [-0.2, 0) is 4.74 Å². The highest BCUT2D eigenvalue weighted by Gasteiger charge is 1.99. The lowest BCUT2D eigenvalue weighted by Crippen LogP contribution is -2.27. The van der Waals surface area contributed by atoms with Crippen LogP contribution in [0.3, 0.4) is 0 Å². The van der Waals surface area contributed by atoms with Crippen molar-refractivity contribution >= 4 is 6.08 Å². The number of aliphatic hydroxyl groups excluding tert-OH is 1. The minimum atomic E-state index is 0.0973. The van der Waals surface area contributed by atoms with Gasteiger partial charge in [-0.25, -0.2) is 0 Å². The standard InChI is InChI=1S/C15H23NO2/c1-2-16(11-13-18-14-12-17)10-6-9-15-7-4-3-5-8-15/h3-9,17H,2,10-14H2,1H3/b9-6+. The van der Waals surface area contributed by atoms with Gasteiger partial charge in [-0.1, -0.05) is 49.4 Å². The van der Waals surface area contributed by atoms with E-state index in [4.69, 9.17) is 9.84 Å². The number of ether oxygens (including phenoxy) is 1. The van der Waals surface area contributed by atoms with Crippen molar-refractivity contribution < 1.29 is 9.84 Å². The molecular weight excluding hydrogens is 226 g/mol. The van der Waals surface area contributed by atoms with Gasteiger partial charge in [-0.05, 0) is 12.1 Å². The maximum Gasteiger partial charge on any atom is 0.0698 e. The molecule has 1 aromatic carbocycles. The first kappa shape index (κ1) is 14.9. The van der Waals surface area contributed by atoms with Crippen molar-refractivity contribution in [3.05, 3.63) is 42.0 Å². The summed E-state index contributed by atoms with van der Waals surface area (Å²) in [5.41, 5.74) is 1.23. The molecular formula is C15H23NO2. The van der Waals surface area contributed by atoms with Crippen LogP contribution in [0.15, 0.2) is 36.4 Å². The third-order valence-corrected chi connectivity index (χ3v) is 2.71. The molecule has 0 heterocycles. The molecule has 0 aliphatic rings. The number of benzene rings is 1. The molecule has 1 rings (SSSR count). The normalized spacial score (nSPS) is 11.5. The maximum atomic E-state index is 8.61. The van der Waals surface area contributed by atoms with Crippen molar-refractivity contribution in [1.82, 2.24) is 4.90 Å². The average Bonchev–Trinajstić information content (AvgIpc) is 2.42. The molecule has 0 aliphatic carbocycles. The van der Waals surface area contributed by atoms with Gasteiger partial charge in [-0.3, -0.25) is 4.90 Å². The SMILES string of the molecule is CCN(C/C=C/c1ccccc1)CCOCCO. The summed E-state index contributed by atoms with van der Waals surface area (Å²) >= 11 is 0. The first-order chi connectivity index (χ1) is 8.86. The predicted molar refractivity (Wildman–Crippen MR) is 75.5 cm³/mol. The topological polar surface area (TPSA) is 32.7 Å². The third kappa shape index (κ3) is 6.55. The van der Waals surface area contributed by atoms with Crippen LogP contribution in [0.2, 0.25) is 0 Å². The van der Waals surface area contributed by atoms with E-state index in [0.29, 0.717) is 13.2 Å². The predicted octanol–water partition coefficient (Wildman–Crippen LogP) is 2.03. The molecule has 0 radical (unpaired) electrons. The largest absolute Gasteiger partial charge is 0.394 e. The molecule has 0 spiro atoms. The first-order valence-electron chi connectivity index (χ1n) is 6.49. The fourth-order valence-corrected chi connectivity index (χ4v) is 1.64. The molecule has 3 heteroatoms. The maximum absolute atomic E-state index is 8.61. The molecule has 0 aliphatic heterocycles. The Morgan fingerprint density at radius 1 is 1.22 bits per heavy atom. The van der Waals surface area contributed by atoms with E-state index in [1.165, 1.54) is 5.56 Å². The van der Waals surface area contributed by atoms with Gasteiger partial charge in [0.2, 0.25) is 0 Å². The third-order valence-electron chi connectivity index (χ3n) is 2.71. The number of aliphatic hydroxyl groups is 1. The van der Waals surface area contributed by atoms with Crippen LogP contribution in [0.5, 0.6) is 0 Å². The second-order valence-corrected chi connectivity index (χ2v) is 4.04. The van der Waals surface area contributed by atoms with Crippen molar-refractivity contribution in [3.63, 3.8) is 0 Å². The summed E-state index contributed by atoms with van der Waals surface area (Å²) in [5.74, 6) is 0. The summed E-state index contributed by atoms with van der Waals surface area (Å²) in [7, 11) is 0. The Kier molecular flexibility index (Phi) is 8.13. The van der Waals surface area contributed by atoms with Gasteiger partial charge in [0, 0.05) is 13.1 Å². The van der Waals surface area contributed by atoms with E-state index in [1.807, 2.05) is 18.2 Å². The van der Waals surface area contributed by atoms with Crippen molar-refractivity contribution in [2.24, 2.45) is 0 Å². The summed E-state index contributed by atoms with van der Waals surface area (Å²) < 4.78 is 5.26. The van der Waals surface area contributed by atoms with Gasteiger partial charge >= 0.3 is 0 Å². The second-order valence-electron chi connectivity index (χ2n) is 4.04. The van der Waals surface area contributed by atoms with Crippen LogP contribution in [0, 0.1) is 0 Å². The van der Waals surface area contributed by atoms with E-state index in [1.54, 1.807) is 0 Å². The van der Waals surface area contributed by atoms with Crippen LogP contribution < -0.4 is 0 Å². The highest BCUT2D eigenvalue weighted by molar-refractivity contribution is 5.48. The second kappa shape index (κ2) is 9.83. The Morgan fingerprint density at radius 3 is 2.67 bits per heavy atom. The molecule has 0 saturated heterocycles.